The molecule has 0 unspecified atom stereocenters. The molecule has 1 aliphatic rings. The number of hydrogen-bond acceptors (Lipinski definition) is 5. The summed E-state index contributed by atoms with van der Waals surface area (Å²) in [5.74, 6) is -0.706. The number of nitrogens with zero attached hydrogens (tertiary/aromatic N) is 1. The van der Waals surface area contributed by atoms with Crippen LogP contribution in [0.4, 0.5) is 11.4 Å². The molecule has 0 atom stereocenters. The molecular formula is C22H28N2O3S. The van der Waals surface area contributed by atoms with Crippen LogP contribution in [0.25, 0.3) is 0 Å². The Kier molecular flexibility index (Phi) is 6.99. The van der Waals surface area contributed by atoms with Gasteiger partial charge in [-0.3, -0.25) is 9.93 Å². The molecule has 2 aromatic carbocycles. The first kappa shape index (κ1) is 20.7. The monoisotopic (exact) mass is 400 g/mol. The summed E-state index contributed by atoms with van der Waals surface area (Å²) in [6.07, 6.45) is 2.50. The highest BCUT2D eigenvalue weighted by Gasteiger charge is 2.39. The lowest BCUT2D eigenvalue weighted by Gasteiger charge is -2.33. The number of benzene rings is 2. The standard InChI is InChI=1S/C22H28N2O3S/c1-2-24(18-6-4-3-5-7-18)19-9-8-17(16-20(19)28-23)10-11-22(21(25)26)12-14-27-15-13-22/h3-9,16H,2,10-15,23H2,1H3,(H,25,26). The van der Waals surface area contributed by atoms with Crippen molar-refractivity contribution in [2.45, 2.75) is 37.5 Å². The number of nitrogens with two attached hydrogens (primary N) is 1. The smallest absolute Gasteiger partial charge is 0.309 e. The van der Waals surface area contributed by atoms with Crippen LogP contribution in [-0.2, 0) is 16.0 Å². The van der Waals surface area contributed by atoms with Gasteiger partial charge in [-0.05, 0) is 74.4 Å². The van der Waals surface area contributed by atoms with E-state index < -0.39 is 11.4 Å². The van der Waals surface area contributed by atoms with Crippen molar-refractivity contribution in [2.24, 2.45) is 10.6 Å². The Morgan fingerprint density at radius 1 is 1.21 bits per heavy atom. The van der Waals surface area contributed by atoms with Gasteiger partial charge in [0.25, 0.3) is 0 Å². The fraction of sp³-hybridized carbons (Fsp3) is 0.409. The van der Waals surface area contributed by atoms with Crippen LogP contribution in [-0.4, -0.2) is 30.8 Å². The molecule has 1 fully saturated rings. The van der Waals surface area contributed by atoms with Crippen LogP contribution in [0, 0.1) is 5.41 Å². The van der Waals surface area contributed by atoms with Gasteiger partial charge >= 0.3 is 5.97 Å². The van der Waals surface area contributed by atoms with E-state index in [1.807, 2.05) is 18.2 Å². The number of carboxylic acids is 1. The van der Waals surface area contributed by atoms with Crippen LogP contribution >= 0.6 is 11.9 Å². The van der Waals surface area contributed by atoms with Crippen molar-refractivity contribution in [2.75, 3.05) is 24.7 Å². The van der Waals surface area contributed by atoms with Gasteiger partial charge in [-0.15, -0.1) is 0 Å². The second-order valence-corrected chi connectivity index (χ2v) is 7.87. The zero-order valence-electron chi connectivity index (χ0n) is 16.3. The average Bonchev–Trinajstić information content (AvgIpc) is 2.74. The summed E-state index contributed by atoms with van der Waals surface area (Å²) < 4.78 is 5.37. The highest BCUT2D eigenvalue weighted by atomic mass is 32.2. The quantitative estimate of drug-likeness (QED) is 0.630. The number of aliphatic carboxylic acids is 1. The number of rotatable bonds is 8. The van der Waals surface area contributed by atoms with Gasteiger partial charge in [0, 0.05) is 30.3 Å². The van der Waals surface area contributed by atoms with E-state index in [1.165, 1.54) is 11.9 Å². The van der Waals surface area contributed by atoms with Crippen molar-refractivity contribution in [3.05, 3.63) is 54.1 Å². The van der Waals surface area contributed by atoms with Crippen molar-refractivity contribution in [3.8, 4) is 0 Å². The molecule has 0 radical (unpaired) electrons. The summed E-state index contributed by atoms with van der Waals surface area (Å²) in [6, 6.07) is 16.5. The second kappa shape index (κ2) is 9.45. The average molecular weight is 401 g/mol. The van der Waals surface area contributed by atoms with Crippen molar-refractivity contribution in [1.82, 2.24) is 0 Å². The van der Waals surface area contributed by atoms with Crippen LogP contribution in [0.3, 0.4) is 0 Å². The van der Waals surface area contributed by atoms with Gasteiger partial charge in [0.1, 0.15) is 0 Å². The lowest BCUT2D eigenvalue weighted by molar-refractivity contribution is -0.155. The summed E-state index contributed by atoms with van der Waals surface area (Å²) >= 11 is 1.24. The maximum atomic E-state index is 11.9. The van der Waals surface area contributed by atoms with Crippen LogP contribution in [0.1, 0.15) is 31.7 Å². The van der Waals surface area contributed by atoms with Crippen LogP contribution in [0.15, 0.2) is 53.4 Å². The Hall–Kier alpha value is -2.02. The minimum Gasteiger partial charge on any atom is -0.481 e. The minimum absolute atomic E-state index is 0.525. The molecule has 150 valence electrons. The molecule has 0 amide bonds. The third-order valence-electron chi connectivity index (χ3n) is 5.62. The maximum absolute atomic E-state index is 11.9. The Balaban J connectivity index is 1.80. The molecule has 3 rings (SSSR count). The van der Waals surface area contributed by atoms with Crippen LogP contribution in [0.2, 0.25) is 0 Å². The number of para-hydroxylation sites is 1. The molecule has 0 spiro atoms. The minimum atomic E-state index is -0.706. The molecule has 0 aliphatic carbocycles. The first-order valence-corrected chi connectivity index (χ1v) is 10.6. The number of carboxylic acid groups (broad SMARTS) is 1. The van der Waals surface area contributed by atoms with Crippen molar-refractivity contribution in [3.63, 3.8) is 0 Å². The molecule has 28 heavy (non-hydrogen) atoms. The number of carbonyl (C=O) groups is 1. The maximum Gasteiger partial charge on any atom is 0.309 e. The first-order valence-electron chi connectivity index (χ1n) is 9.73. The van der Waals surface area contributed by atoms with Gasteiger partial charge in [0.15, 0.2) is 0 Å². The fourth-order valence-electron chi connectivity index (χ4n) is 3.85. The molecule has 2 aromatic rings. The highest BCUT2D eigenvalue weighted by molar-refractivity contribution is 7.97. The Labute approximate surface area is 171 Å². The van der Waals surface area contributed by atoms with Gasteiger partial charge in [0.2, 0.25) is 0 Å². The number of hydrogen-bond donors (Lipinski definition) is 2. The molecule has 3 N–H and O–H groups in total. The molecule has 0 saturated carbocycles. The van der Waals surface area contributed by atoms with Crippen LogP contribution in [0.5, 0.6) is 0 Å². The zero-order valence-corrected chi connectivity index (χ0v) is 17.1. The van der Waals surface area contributed by atoms with Gasteiger partial charge in [-0.1, -0.05) is 24.3 Å². The molecule has 1 aliphatic heterocycles. The van der Waals surface area contributed by atoms with E-state index >= 15 is 0 Å². The summed E-state index contributed by atoms with van der Waals surface area (Å²) in [5.41, 5.74) is 2.64. The number of aryl methyl sites for hydroxylation is 1. The van der Waals surface area contributed by atoms with Crippen molar-refractivity contribution < 1.29 is 14.6 Å². The lowest BCUT2D eigenvalue weighted by Crippen LogP contribution is -2.37. The predicted octanol–water partition coefficient (Wildman–Crippen LogP) is 4.62. The molecule has 1 heterocycles. The largest absolute Gasteiger partial charge is 0.481 e. The van der Waals surface area contributed by atoms with E-state index in [1.54, 1.807) is 0 Å². The van der Waals surface area contributed by atoms with Crippen molar-refractivity contribution >= 4 is 29.3 Å². The highest BCUT2D eigenvalue weighted by Crippen LogP contribution is 2.37. The summed E-state index contributed by atoms with van der Waals surface area (Å²) in [6.45, 7) is 4.00. The second-order valence-electron chi connectivity index (χ2n) is 7.20. The summed E-state index contributed by atoms with van der Waals surface area (Å²) in [5, 5.41) is 15.7. The molecular weight excluding hydrogens is 372 g/mol. The van der Waals surface area contributed by atoms with E-state index in [0.717, 1.165) is 34.8 Å². The topological polar surface area (TPSA) is 75.8 Å². The number of ether oxygens (including phenoxy) is 1. The molecule has 5 nitrogen and oxygen atoms in total. The van der Waals surface area contributed by atoms with Crippen molar-refractivity contribution in [1.29, 1.82) is 0 Å². The van der Waals surface area contributed by atoms with E-state index in [4.69, 9.17) is 9.88 Å². The third-order valence-corrected chi connectivity index (χ3v) is 6.20. The Morgan fingerprint density at radius 3 is 2.54 bits per heavy atom. The van der Waals surface area contributed by atoms with E-state index in [2.05, 4.69) is 42.2 Å². The molecule has 0 bridgehead atoms. The Morgan fingerprint density at radius 2 is 1.93 bits per heavy atom. The fourth-order valence-corrected chi connectivity index (χ4v) is 4.37. The zero-order chi connectivity index (χ0) is 20.0. The normalized spacial score (nSPS) is 15.9. The molecule has 0 aromatic heterocycles. The SMILES string of the molecule is CCN(c1ccccc1)c1ccc(CCC2(C(=O)O)CCOCC2)cc1SN. The summed E-state index contributed by atoms with van der Waals surface area (Å²) in [4.78, 5) is 15.1. The van der Waals surface area contributed by atoms with Crippen LogP contribution < -0.4 is 10.0 Å². The van der Waals surface area contributed by atoms with Gasteiger partial charge < -0.3 is 14.7 Å². The van der Waals surface area contributed by atoms with Gasteiger partial charge in [-0.2, -0.15) is 0 Å². The van der Waals surface area contributed by atoms with E-state index in [9.17, 15) is 9.90 Å². The van der Waals surface area contributed by atoms with Gasteiger partial charge in [0.05, 0.1) is 11.1 Å². The third kappa shape index (κ3) is 4.51. The lowest BCUT2D eigenvalue weighted by atomic mass is 9.76. The molecule has 1 saturated heterocycles. The first-order chi connectivity index (χ1) is 13.6. The van der Waals surface area contributed by atoms with Gasteiger partial charge in [-0.25, -0.2) is 0 Å². The predicted molar refractivity (Wildman–Crippen MR) is 114 cm³/mol. The summed E-state index contributed by atoms with van der Waals surface area (Å²) in [7, 11) is 0. The number of anilines is 2. The Bertz CT molecular complexity index is 792. The molecule has 6 heteroatoms. The van der Waals surface area contributed by atoms with E-state index in [0.29, 0.717) is 32.5 Å². The van der Waals surface area contributed by atoms with E-state index in [-0.39, 0.29) is 0 Å².